The monoisotopic (exact) mass is 428 g/mol. The fraction of sp³-hybridized carbons (Fsp3) is 0.391. The Morgan fingerprint density at radius 2 is 1.43 bits per heavy atom. The standard InChI is InChI=1S/C23H28O6Si/c1-22(2,3)30(17-12-8-6-9-13-17,18-14-10-7-11-15-18)28-16-23(21(25)27-5)19(29-23)20(24)26-4/h6-15,19H,16H2,1-5H3/t19-,23-/m1/s1. The van der Waals surface area contributed by atoms with E-state index in [1.54, 1.807) is 0 Å². The summed E-state index contributed by atoms with van der Waals surface area (Å²) in [4.78, 5) is 24.6. The van der Waals surface area contributed by atoms with Crippen LogP contribution in [0.2, 0.25) is 5.04 Å². The van der Waals surface area contributed by atoms with Gasteiger partial charge in [0.25, 0.3) is 8.32 Å². The second kappa shape index (κ2) is 8.33. The molecule has 0 bridgehead atoms. The van der Waals surface area contributed by atoms with Gasteiger partial charge < -0.3 is 18.6 Å². The molecular formula is C23H28O6Si. The molecule has 2 atom stereocenters. The third-order valence-electron chi connectivity index (χ3n) is 5.56. The molecule has 0 aliphatic carbocycles. The van der Waals surface area contributed by atoms with Gasteiger partial charge in [-0.1, -0.05) is 81.4 Å². The quantitative estimate of drug-likeness (QED) is 0.382. The Morgan fingerprint density at radius 3 is 1.83 bits per heavy atom. The predicted octanol–water partition coefficient (Wildman–Crippen LogP) is 2.05. The molecule has 0 aromatic heterocycles. The normalized spacial score (nSPS) is 21.0. The molecule has 30 heavy (non-hydrogen) atoms. The van der Waals surface area contributed by atoms with Crippen LogP contribution in [0.3, 0.4) is 0 Å². The van der Waals surface area contributed by atoms with E-state index in [0.717, 1.165) is 10.4 Å². The van der Waals surface area contributed by atoms with Gasteiger partial charge in [-0.25, -0.2) is 9.59 Å². The third-order valence-corrected chi connectivity index (χ3v) is 10.5. The van der Waals surface area contributed by atoms with E-state index in [1.807, 2.05) is 36.4 Å². The van der Waals surface area contributed by atoms with Gasteiger partial charge >= 0.3 is 11.9 Å². The second-order valence-electron chi connectivity index (χ2n) is 8.35. The molecule has 0 unspecified atom stereocenters. The van der Waals surface area contributed by atoms with Crippen LogP contribution in [0, 0.1) is 0 Å². The third kappa shape index (κ3) is 3.68. The largest absolute Gasteiger partial charge is 0.467 e. The molecule has 1 heterocycles. The number of rotatable bonds is 7. The number of epoxide rings is 1. The summed E-state index contributed by atoms with van der Waals surface area (Å²) < 4.78 is 22.0. The topological polar surface area (TPSA) is 74.4 Å². The van der Waals surface area contributed by atoms with Gasteiger partial charge in [0, 0.05) is 0 Å². The maximum atomic E-state index is 12.5. The highest BCUT2D eigenvalue weighted by Crippen LogP contribution is 2.43. The maximum absolute atomic E-state index is 12.5. The highest BCUT2D eigenvalue weighted by atomic mass is 28.4. The first kappa shape index (κ1) is 22.2. The van der Waals surface area contributed by atoms with E-state index in [4.69, 9.17) is 18.6 Å². The molecule has 2 aromatic rings. The molecule has 160 valence electrons. The smallest absolute Gasteiger partial charge is 0.344 e. The minimum absolute atomic E-state index is 0.104. The molecule has 2 aromatic carbocycles. The first-order valence-electron chi connectivity index (χ1n) is 9.82. The predicted molar refractivity (Wildman–Crippen MR) is 115 cm³/mol. The van der Waals surface area contributed by atoms with Crippen LogP contribution in [-0.4, -0.2) is 52.8 Å². The Labute approximate surface area is 178 Å². The van der Waals surface area contributed by atoms with Gasteiger partial charge in [0.05, 0.1) is 20.8 Å². The summed E-state index contributed by atoms with van der Waals surface area (Å²) in [6.07, 6.45) is -1.03. The van der Waals surface area contributed by atoms with Crippen LogP contribution in [-0.2, 0) is 28.2 Å². The molecule has 7 heteroatoms. The van der Waals surface area contributed by atoms with Crippen LogP contribution in [0.5, 0.6) is 0 Å². The summed E-state index contributed by atoms with van der Waals surface area (Å²) in [6, 6.07) is 20.1. The maximum Gasteiger partial charge on any atom is 0.344 e. The molecule has 6 nitrogen and oxygen atoms in total. The van der Waals surface area contributed by atoms with Crippen LogP contribution in [0.4, 0.5) is 0 Å². The van der Waals surface area contributed by atoms with Crippen molar-refractivity contribution in [2.45, 2.75) is 37.5 Å². The number of hydrogen-bond donors (Lipinski definition) is 0. The lowest BCUT2D eigenvalue weighted by Crippen LogP contribution is -2.67. The van der Waals surface area contributed by atoms with Crippen LogP contribution in [0.15, 0.2) is 60.7 Å². The lowest BCUT2D eigenvalue weighted by Gasteiger charge is -2.43. The molecule has 0 radical (unpaired) electrons. The lowest BCUT2D eigenvalue weighted by atomic mass is 10.1. The summed E-state index contributed by atoms with van der Waals surface area (Å²) in [5.74, 6) is -1.26. The average Bonchev–Trinajstić information content (AvgIpc) is 3.49. The number of ether oxygens (including phenoxy) is 3. The number of hydrogen-bond acceptors (Lipinski definition) is 6. The van der Waals surface area contributed by atoms with Gasteiger partial charge in [0.1, 0.15) is 0 Å². The first-order valence-corrected chi connectivity index (χ1v) is 11.7. The zero-order valence-electron chi connectivity index (χ0n) is 18.0. The highest BCUT2D eigenvalue weighted by Gasteiger charge is 2.69. The van der Waals surface area contributed by atoms with E-state index >= 15 is 0 Å². The number of benzene rings is 2. The number of carbonyl (C=O) groups excluding carboxylic acids is 2. The van der Waals surface area contributed by atoms with Crippen molar-refractivity contribution in [1.82, 2.24) is 0 Å². The number of esters is 2. The van der Waals surface area contributed by atoms with E-state index < -0.39 is 32.0 Å². The van der Waals surface area contributed by atoms with Crippen molar-refractivity contribution in [1.29, 1.82) is 0 Å². The minimum Gasteiger partial charge on any atom is -0.467 e. The van der Waals surface area contributed by atoms with Gasteiger partial charge in [-0.05, 0) is 15.4 Å². The molecule has 1 fully saturated rings. The Kier molecular flexibility index (Phi) is 6.17. The van der Waals surface area contributed by atoms with Gasteiger partial charge in [-0.2, -0.15) is 0 Å². The van der Waals surface area contributed by atoms with Crippen molar-refractivity contribution < 1.29 is 28.2 Å². The van der Waals surface area contributed by atoms with Gasteiger partial charge in [0.2, 0.25) is 5.60 Å². The van der Waals surface area contributed by atoms with Crippen molar-refractivity contribution in [3.8, 4) is 0 Å². The van der Waals surface area contributed by atoms with Crippen LogP contribution >= 0.6 is 0 Å². The first-order chi connectivity index (χ1) is 14.2. The second-order valence-corrected chi connectivity index (χ2v) is 12.7. The molecule has 0 spiro atoms. The SMILES string of the molecule is COC(=O)[C@H]1O[C@@]1(CO[Si](c1ccccc1)(c1ccccc1)C(C)(C)C)C(=O)OC. The highest BCUT2D eigenvalue weighted by molar-refractivity contribution is 6.99. The molecule has 3 rings (SSSR count). The Hall–Kier alpha value is -2.48. The molecule has 0 saturated carbocycles. The number of methoxy groups -OCH3 is 2. The van der Waals surface area contributed by atoms with Crippen molar-refractivity contribution in [3.63, 3.8) is 0 Å². The minimum atomic E-state index is -2.89. The zero-order chi connectivity index (χ0) is 22.0. The number of carbonyl (C=O) groups is 2. The molecule has 0 amide bonds. The van der Waals surface area contributed by atoms with Crippen LogP contribution in [0.1, 0.15) is 20.8 Å². The van der Waals surface area contributed by atoms with E-state index in [1.165, 1.54) is 14.2 Å². The van der Waals surface area contributed by atoms with Crippen molar-refractivity contribution in [2.24, 2.45) is 0 Å². The summed E-state index contributed by atoms with van der Waals surface area (Å²) in [5, 5.41) is 1.86. The molecular weight excluding hydrogens is 400 g/mol. The van der Waals surface area contributed by atoms with Crippen LogP contribution < -0.4 is 10.4 Å². The average molecular weight is 429 g/mol. The van der Waals surface area contributed by atoms with Gasteiger partial charge in [-0.15, -0.1) is 0 Å². The summed E-state index contributed by atoms with van der Waals surface area (Å²) in [5.41, 5.74) is -1.49. The van der Waals surface area contributed by atoms with Crippen LogP contribution in [0.25, 0.3) is 0 Å². The molecule has 1 aliphatic rings. The Morgan fingerprint density at radius 1 is 0.933 bits per heavy atom. The van der Waals surface area contributed by atoms with E-state index in [0.29, 0.717) is 0 Å². The fourth-order valence-corrected chi connectivity index (χ4v) is 8.58. The Bertz CT molecular complexity index is 853. The summed E-state index contributed by atoms with van der Waals surface area (Å²) in [6.45, 7) is 6.30. The molecule has 1 aliphatic heterocycles. The van der Waals surface area contributed by atoms with E-state index in [-0.39, 0.29) is 11.6 Å². The molecule has 1 saturated heterocycles. The molecule has 0 N–H and O–H groups in total. The Balaban J connectivity index is 2.08. The van der Waals surface area contributed by atoms with Gasteiger partial charge in [0.15, 0.2) is 6.10 Å². The van der Waals surface area contributed by atoms with Crippen molar-refractivity contribution in [3.05, 3.63) is 60.7 Å². The van der Waals surface area contributed by atoms with E-state index in [9.17, 15) is 9.59 Å². The van der Waals surface area contributed by atoms with Crippen molar-refractivity contribution in [2.75, 3.05) is 20.8 Å². The fourth-order valence-electron chi connectivity index (χ4n) is 4.00. The van der Waals surface area contributed by atoms with Crippen molar-refractivity contribution >= 4 is 30.6 Å². The lowest BCUT2D eigenvalue weighted by molar-refractivity contribution is -0.149. The summed E-state index contributed by atoms with van der Waals surface area (Å²) in [7, 11) is -0.366. The summed E-state index contributed by atoms with van der Waals surface area (Å²) >= 11 is 0. The zero-order valence-corrected chi connectivity index (χ0v) is 19.0. The van der Waals surface area contributed by atoms with E-state index in [2.05, 4.69) is 45.0 Å². The van der Waals surface area contributed by atoms with Gasteiger partial charge in [-0.3, -0.25) is 0 Å².